The number of para-hydroxylation sites is 1. The van der Waals surface area contributed by atoms with Crippen LogP contribution in [0.4, 0.5) is 5.69 Å². The summed E-state index contributed by atoms with van der Waals surface area (Å²) in [5.74, 6) is -1.71. The minimum absolute atomic E-state index is 0.173. The van der Waals surface area contributed by atoms with Crippen LogP contribution in [0, 0.1) is 0 Å². The fourth-order valence-corrected chi connectivity index (χ4v) is 5.74. The van der Waals surface area contributed by atoms with Crippen LogP contribution in [-0.2, 0) is 19.1 Å². The van der Waals surface area contributed by atoms with Gasteiger partial charge in [-0.2, -0.15) is 0 Å². The minimum atomic E-state index is -0.774. The summed E-state index contributed by atoms with van der Waals surface area (Å²) in [6.45, 7) is 3.28. The number of thiazole rings is 1. The van der Waals surface area contributed by atoms with Crippen molar-refractivity contribution in [2.45, 2.75) is 19.9 Å². The Morgan fingerprint density at radius 1 is 1.08 bits per heavy atom. The van der Waals surface area contributed by atoms with Gasteiger partial charge in [0, 0.05) is 5.56 Å². The van der Waals surface area contributed by atoms with E-state index in [2.05, 4.69) is 4.99 Å². The first-order valence-electron chi connectivity index (χ1n) is 11.3. The molecule has 182 valence electrons. The lowest BCUT2D eigenvalue weighted by Gasteiger charge is -2.24. The number of primary amides is 1. The van der Waals surface area contributed by atoms with Gasteiger partial charge in [-0.05, 0) is 25.5 Å². The van der Waals surface area contributed by atoms with Gasteiger partial charge in [0.15, 0.2) is 4.80 Å². The highest BCUT2D eigenvalue weighted by molar-refractivity contribution is 7.07. The average molecular weight is 503 g/mol. The highest BCUT2D eigenvalue weighted by atomic mass is 32.1. The number of esters is 1. The summed E-state index contributed by atoms with van der Waals surface area (Å²) in [6.07, 6.45) is 0. The molecule has 0 saturated heterocycles. The molecule has 2 N–H and O–H groups in total. The summed E-state index contributed by atoms with van der Waals surface area (Å²) < 4.78 is 6.92. The van der Waals surface area contributed by atoms with Gasteiger partial charge in [-0.3, -0.25) is 23.9 Å². The fourth-order valence-electron chi connectivity index (χ4n) is 4.60. The Morgan fingerprint density at radius 2 is 1.78 bits per heavy atom. The topological polar surface area (TPSA) is 124 Å². The largest absolute Gasteiger partial charge is 0.463 e. The predicted molar refractivity (Wildman–Crippen MR) is 134 cm³/mol. The van der Waals surface area contributed by atoms with Crippen LogP contribution in [0.2, 0.25) is 0 Å². The molecule has 9 nitrogen and oxygen atoms in total. The second kappa shape index (κ2) is 9.04. The summed E-state index contributed by atoms with van der Waals surface area (Å²) in [4.78, 5) is 58.2. The van der Waals surface area contributed by atoms with Crippen molar-refractivity contribution in [3.8, 4) is 0 Å². The van der Waals surface area contributed by atoms with Gasteiger partial charge in [0.05, 0.1) is 35.2 Å². The highest BCUT2D eigenvalue weighted by Gasteiger charge is 2.37. The van der Waals surface area contributed by atoms with E-state index in [-0.39, 0.29) is 28.8 Å². The van der Waals surface area contributed by atoms with Crippen LogP contribution in [0.1, 0.15) is 31.0 Å². The van der Waals surface area contributed by atoms with Crippen molar-refractivity contribution >= 4 is 40.4 Å². The maximum absolute atomic E-state index is 14.0. The molecular weight excluding hydrogens is 480 g/mol. The molecule has 0 bridgehead atoms. The molecule has 10 heteroatoms. The number of ether oxygens (including phenoxy) is 1. The smallest absolute Gasteiger partial charge is 0.338 e. The van der Waals surface area contributed by atoms with Crippen LogP contribution in [0.25, 0.3) is 5.57 Å². The lowest BCUT2D eigenvalue weighted by atomic mass is 9.96. The number of hydrogen-bond donors (Lipinski definition) is 1. The van der Waals surface area contributed by atoms with Gasteiger partial charge in [-0.1, -0.05) is 59.9 Å². The third-order valence-electron chi connectivity index (χ3n) is 6.07. The van der Waals surface area contributed by atoms with Gasteiger partial charge in [0.25, 0.3) is 11.5 Å². The number of hydrogen-bond acceptors (Lipinski definition) is 7. The Labute approximate surface area is 209 Å². The number of nitrogens with zero attached hydrogens (tertiary/aromatic N) is 3. The van der Waals surface area contributed by atoms with E-state index in [0.717, 1.165) is 11.3 Å². The number of carbonyl (C=O) groups excluding carboxylic acids is 3. The minimum Gasteiger partial charge on any atom is -0.463 e. The molecule has 2 aliphatic heterocycles. The SMILES string of the molecule is CCOC(=O)C1=C(C)N=c2s/c(=C3/C(=O)N(CC(N)=O)c4ccccc43)c(=O)n2[C@H]1c1ccccc1. The molecule has 36 heavy (non-hydrogen) atoms. The van der Waals surface area contributed by atoms with E-state index in [1.807, 2.05) is 30.3 Å². The van der Waals surface area contributed by atoms with E-state index in [1.165, 1.54) is 9.47 Å². The summed E-state index contributed by atoms with van der Waals surface area (Å²) in [7, 11) is 0. The monoisotopic (exact) mass is 502 g/mol. The number of benzene rings is 2. The maximum Gasteiger partial charge on any atom is 0.338 e. The molecule has 0 fully saturated rings. The summed E-state index contributed by atoms with van der Waals surface area (Å²) in [5, 5.41) is 0. The van der Waals surface area contributed by atoms with Crippen LogP contribution < -0.4 is 25.5 Å². The van der Waals surface area contributed by atoms with Gasteiger partial charge in [-0.25, -0.2) is 9.79 Å². The van der Waals surface area contributed by atoms with Crippen molar-refractivity contribution in [3.05, 3.63) is 96.7 Å². The summed E-state index contributed by atoms with van der Waals surface area (Å²) in [5.41, 5.74) is 7.56. The molecule has 5 rings (SSSR count). The molecule has 3 heterocycles. The third kappa shape index (κ3) is 3.66. The van der Waals surface area contributed by atoms with Crippen LogP contribution in [0.3, 0.4) is 0 Å². The Morgan fingerprint density at radius 3 is 2.47 bits per heavy atom. The number of rotatable bonds is 5. The molecular formula is C26H22N4O5S. The highest BCUT2D eigenvalue weighted by Crippen LogP contribution is 2.35. The average Bonchev–Trinajstić information content (AvgIpc) is 3.31. The van der Waals surface area contributed by atoms with Gasteiger partial charge in [0.2, 0.25) is 5.91 Å². The van der Waals surface area contributed by atoms with Gasteiger partial charge in [-0.15, -0.1) is 0 Å². The third-order valence-corrected chi connectivity index (χ3v) is 7.13. The Kier molecular flexibility index (Phi) is 5.89. The number of allylic oxidation sites excluding steroid dienone is 1. The van der Waals surface area contributed by atoms with Crippen LogP contribution in [-0.4, -0.2) is 35.5 Å². The lowest BCUT2D eigenvalue weighted by molar-refractivity contribution is -0.139. The van der Waals surface area contributed by atoms with Gasteiger partial charge >= 0.3 is 5.97 Å². The number of carbonyl (C=O) groups is 3. The van der Waals surface area contributed by atoms with E-state index < -0.39 is 29.4 Å². The number of aromatic nitrogens is 1. The van der Waals surface area contributed by atoms with Crippen LogP contribution in [0.5, 0.6) is 0 Å². The second-order valence-electron chi connectivity index (χ2n) is 8.28. The first-order chi connectivity index (χ1) is 17.3. The van der Waals surface area contributed by atoms with Crippen molar-refractivity contribution < 1.29 is 19.1 Å². The predicted octanol–water partition coefficient (Wildman–Crippen LogP) is 1.00. The Bertz CT molecular complexity index is 1630. The number of anilines is 1. The zero-order chi connectivity index (χ0) is 25.6. The zero-order valence-corrected chi connectivity index (χ0v) is 20.4. The van der Waals surface area contributed by atoms with Crippen molar-refractivity contribution in [2.75, 3.05) is 18.1 Å². The van der Waals surface area contributed by atoms with Gasteiger partial charge < -0.3 is 10.5 Å². The molecule has 2 amide bonds. The first kappa shape index (κ1) is 23.4. The molecule has 1 aromatic heterocycles. The normalized spacial score (nSPS) is 18.0. The Balaban J connectivity index is 1.81. The standard InChI is InChI=1S/C26H22N4O5S/c1-3-35-25(34)19-14(2)28-26-30(21(19)15-9-5-4-6-10-15)24(33)22(36-26)20-16-11-7-8-12-17(16)29(23(20)32)13-18(27)31/h4-12,21H,3,13H2,1-2H3,(H2,27,31)/b22-20+/t21-/m0/s1. The van der Waals surface area contributed by atoms with Gasteiger partial charge in [0.1, 0.15) is 11.1 Å². The van der Waals surface area contributed by atoms with Crippen molar-refractivity contribution in [2.24, 2.45) is 10.7 Å². The first-order valence-corrected chi connectivity index (χ1v) is 12.1. The molecule has 0 radical (unpaired) electrons. The number of fused-ring (bicyclic) bond motifs is 2. The van der Waals surface area contributed by atoms with Crippen LogP contribution in [0.15, 0.2) is 75.7 Å². The van der Waals surface area contributed by atoms with E-state index in [4.69, 9.17) is 10.5 Å². The van der Waals surface area contributed by atoms with Crippen molar-refractivity contribution in [3.63, 3.8) is 0 Å². The Hall–Kier alpha value is -4.31. The van der Waals surface area contributed by atoms with Crippen LogP contribution >= 0.6 is 11.3 Å². The quantitative estimate of drug-likeness (QED) is 0.522. The van der Waals surface area contributed by atoms with E-state index in [9.17, 15) is 19.2 Å². The van der Waals surface area contributed by atoms with E-state index in [1.54, 1.807) is 38.1 Å². The van der Waals surface area contributed by atoms with Crippen molar-refractivity contribution in [1.82, 2.24) is 4.57 Å². The maximum atomic E-state index is 14.0. The summed E-state index contributed by atoms with van der Waals surface area (Å²) >= 11 is 1.07. The molecule has 1 atom stereocenters. The lowest BCUT2D eigenvalue weighted by Crippen LogP contribution is -2.41. The molecule has 3 aromatic rings. The molecule has 0 aliphatic carbocycles. The fraction of sp³-hybridized carbons (Fsp3) is 0.192. The summed E-state index contributed by atoms with van der Waals surface area (Å²) in [6, 6.07) is 15.3. The molecule has 0 saturated carbocycles. The second-order valence-corrected chi connectivity index (χ2v) is 9.26. The molecule has 0 unspecified atom stereocenters. The number of amides is 2. The number of nitrogens with two attached hydrogens (primary N) is 1. The molecule has 2 aliphatic rings. The molecule has 0 spiro atoms. The van der Waals surface area contributed by atoms with E-state index >= 15 is 0 Å². The zero-order valence-electron chi connectivity index (χ0n) is 19.6. The molecule has 2 aromatic carbocycles. The van der Waals surface area contributed by atoms with E-state index in [0.29, 0.717) is 27.3 Å². The van der Waals surface area contributed by atoms with Crippen molar-refractivity contribution in [1.29, 1.82) is 0 Å².